The Balaban J connectivity index is 2.47. The van der Waals surface area contributed by atoms with Crippen molar-refractivity contribution in [3.63, 3.8) is 0 Å². The average molecular weight is 341 g/mol. The number of carboxylic acid groups (broad SMARTS) is 1. The van der Waals surface area contributed by atoms with Gasteiger partial charge in [-0.25, -0.2) is 0 Å². The van der Waals surface area contributed by atoms with E-state index in [2.05, 4.69) is 0 Å². The molecule has 1 aromatic heterocycles. The summed E-state index contributed by atoms with van der Waals surface area (Å²) in [6, 6.07) is 0. The number of allylic oxidation sites excluding steroid dienone is 1. The minimum atomic E-state index is -1.51. The van der Waals surface area contributed by atoms with Gasteiger partial charge in [0.15, 0.2) is 9.74 Å². The molecule has 8 heteroatoms. The zero-order chi connectivity index (χ0) is 16.7. The number of aliphatic hydroxyl groups is 1. The van der Waals surface area contributed by atoms with E-state index >= 15 is 0 Å². The highest BCUT2D eigenvalue weighted by atomic mass is 32.1. The smallest absolute Gasteiger partial charge is 0.323 e. The molecule has 0 fully saturated rings. The summed E-state index contributed by atoms with van der Waals surface area (Å²) in [6.07, 6.45) is 4.47. The molecule has 6 nitrogen and oxygen atoms in total. The second-order valence-corrected chi connectivity index (χ2v) is 6.92. The first-order valence-electron chi connectivity index (χ1n) is 6.45. The lowest BCUT2D eigenvalue weighted by Gasteiger charge is -2.31. The van der Waals surface area contributed by atoms with Crippen LogP contribution < -0.4 is 0 Å². The first kappa shape index (κ1) is 16.6. The molecule has 0 saturated carbocycles. The highest BCUT2D eigenvalue weighted by molar-refractivity contribution is 7.73. The Morgan fingerprint density at radius 1 is 1.55 bits per heavy atom. The van der Waals surface area contributed by atoms with E-state index in [1.165, 1.54) is 13.0 Å². The Kier molecular flexibility index (Phi) is 4.37. The Hall–Kier alpha value is -1.77. The number of rotatable bonds is 3. The molecule has 118 valence electrons. The van der Waals surface area contributed by atoms with Crippen LogP contribution in [-0.4, -0.2) is 37.2 Å². The number of nitrogens with zero attached hydrogens (tertiary/aromatic N) is 1. The molecule has 2 atom stereocenters. The molecule has 0 radical (unpaired) electrons. The van der Waals surface area contributed by atoms with E-state index in [4.69, 9.17) is 17.3 Å². The highest BCUT2D eigenvalue weighted by Crippen LogP contribution is 2.35. The van der Waals surface area contributed by atoms with E-state index < -0.39 is 24.0 Å². The molecule has 1 heterocycles. The van der Waals surface area contributed by atoms with Crippen molar-refractivity contribution < 1.29 is 24.9 Å². The number of carbonyl (C=O) groups is 2. The van der Waals surface area contributed by atoms with Crippen molar-refractivity contribution in [1.29, 1.82) is 0 Å². The van der Waals surface area contributed by atoms with E-state index in [0.717, 1.165) is 15.9 Å². The van der Waals surface area contributed by atoms with E-state index in [1.54, 1.807) is 19.1 Å². The van der Waals surface area contributed by atoms with Gasteiger partial charge in [-0.15, -0.1) is 11.3 Å². The molecule has 0 aromatic carbocycles. The summed E-state index contributed by atoms with van der Waals surface area (Å²) >= 11 is 6.11. The summed E-state index contributed by atoms with van der Waals surface area (Å²) in [7, 11) is 0. The molecular weight excluding hydrogens is 326 g/mol. The number of hydrogen-bond donors (Lipinski definition) is 3. The van der Waals surface area contributed by atoms with Crippen molar-refractivity contribution in [2.24, 2.45) is 5.92 Å². The Labute approximate surface area is 135 Å². The van der Waals surface area contributed by atoms with E-state index in [1.807, 2.05) is 0 Å². The fourth-order valence-electron chi connectivity index (χ4n) is 2.13. The molecule has 0 spiro atoms. The maximum absolute atomic E-state index is 11.7. The minimum absolute atomic E-state index is 0.234. The number of hydrogen-bond acceptors (Lipinski definition) is 6. The number of carbonyl (C=O) groups excluding carboxylic acids is 1. The van der Waals surface area contributed by atoms with Crippen molar-refractivity contribution in [2.75, 3.05) is 0 Å². The van der Waals surface area contributed by atoms with E-state index in [0.29, 0.717) is 10.5 Å². The minimum Gasteiger partial charge on any atom is -0.493 e. The molecule has 3 N–H and O–H groups in total. The third-order valence-corrected chi connectivity index (χ3v) is 5.14. The van der Waals surface area contributed by atoms with Gasteiger partial charge in [0.1, 0.15) is 12.1 Å². The number of ketones is 1. The largest absolute Gasteiger partial charge is 0.493 e. The maximum Gasteiger partial charge on any atom is 0.323 e. The molecule has 1 aliphatic carbocycles. The van der Waals surface area contributed by atoms with Crippen LogP contribution in [0, 0.1) is 9.87 Å². The van der Waals surface area contributed by atoms with Crippen LogP contribution in [0.3, 0.4) is 0 Å². The predicted molar refractivity (Wildman–Crippen MR) is 84.4 cm³/mol. The van der Waals surface area contributed by atoms with Crippen LogP contribution in [0.25, 0.3) is 6.08 Å². The van der Waals surface area contributed by atoms with Crippen LogP contribution in [-0.2, 0) is 16.1 Å². The fourth-order valence-corrected chi connectivity index (χ4v) is 3.40. The summed E-state index contributed by atoms with van der Waals surface area (Å²) < 4.78 is 1.36. The predicted octanol–water partition coefficient (Wildman–Crippen LogP) is 1.98. The number of thiazole rings is 1. The Morgan fingerprint density at radius 2 is 2.18 bits per heavy atom. The van der Waals surface area contributed by atoms with Crippen molar-refractivity contribution in [3.05, 3.63) is 26.6 Å². The molecule has 1 aromatic rings. The van der Waals surface area contributed by atoms with Crippen molar-refractivity contribution in [2.45, 2.75) is 26.0 Å². The average Bonchev–Trinajstić information content (AvgIpc) is 2.67. The molecule has 0 amide bonds. The molecule has 22 heavy (non-hydrogen) atoms. The third kappa shape index (κ3) is 2.90. The highest BCUT2D eigenvalue weighted by Gasteiger charge is 2.39. The molecule has 2 unspecified atom stereocenters. The van der Waals surface area contributed by atoms with Crippen LogP contribution in [0.1, 0.15) is 18.7 Å². The van der Waals surface area contributed by atoms with E-state index in [-0.39, 0.29) is 15.6 Å². The van der Waals surface area contributed by atoms with E-state index in [9.17, 15) is 19.8 Å². The van der Waals surface area contributed by atoms with Crippen LogP contribution in [0.5, 0.6) is 5.88 Å². The van der Waals surface area contributed by atoms with Gasteiger partial charge in [0, 0.05) is 5.92 Å². The van der Waals surface area contributed by atoms with Gasteiger partial charge in [0.05, 0.1) is 4.88 Å². The molecule has 0 bridgehead atoms. The molecule has 0 saturated heterocycles. The van der Waals surface area contributed by atoms with Gasteiger partial charge in [-0.2, -0.15) is 0 Å². The van der Waals surface area contributed by atoms with Gasteiger partial charge in [-0.05, 0) is 36.9 Å². The van der Waals surface area contributed by atoms with Crippen molar-refractivity contribution in [1.82, 2.24) is 4.57 Å². The van der Waals surface area contributed by atoms with Gasteiger partial charge in [0.2, 0.25) is 5.88 Å². The lowest BCUT2D eigenvalue weighted by atomic mass is 9.77. The number of aliphatic carboxylic acids is 1. The summed E-state index contributed by atoms with van der Waals surface area (Å²) in [4.78, 5) is 22.8. The van der Waals surface area contributed by atoms with Gasteiger partial charge in [0.25, 0.3) is 0 Å². The first-order valence-corrected chi connectivity index (χ1v) is 7.68. The SMILES string of the molecule is CC1C(=Cc2sc(=S)n(CC(=O)O)c2O)C=CC(=O)C1(C)O. The summed E-state index contributed by atoms with van der Waals surface area (Å²) in [6.45, 7) is 2.72. The van der Waals surface area contributed by atoms with Gasteiger partial charge >= 0.3 is 5.97 Å². The number of aromatic hydroxyl groups is 1. The summed E-state index contributed by atoms with van der Waals surface area (Å²) in [5.41, 5.74) is -0.861. The third-order valence-electron chi connectivity index (χ3n) is 3.75. The Bertz CT molecular complexity index is 754. The topological polar surface area (TPSA) is 99.8 Å². The van der Waals surface area contributed by atoms with Crippen LogP contribution in [0.2, 0.25) is 0 Å². The molecule has 2 rings (SSSR count). The number of aromatic nitrogens is 1. The van der Waals surface area contributed by atoms with Gasteiger partial charge in [-0.3, -0.25) is 14.2 Å². The zero-order valence-corrected chi connectivity index (χ0v) is 13.6. The zero-order valence-electron chi connectivity index (χ0n) is 11.9. The van der Waals surface area contributed by atoms with Crippen molar-refractivity contribution in [3.8, 4) is 5.88 Å². The standard InChI is InChI=1S/C14H15NO5S2/c1-7-8(3-4-10(16)14(7,2)20)5-9-12(19)15(6-11(17)18)13(21)22-9/h3-5,7,19-20H,6H2,1-2H3,(H,17,18). The van der Waals surface area contributed by atoms with Gasteiger partial charge in [-0.1, -0.05) is 13.0 Å². The Morgan fingerprint density at radius 3 is 2.77 bits per heavy atom. The molecule has 0 aliphatic heterocycles. The van der Waals surface area contributed by atoms with Crippen LogP contribution in [0.4, 0.5) is 0 Å². The second-order valence-electron chi connectivity index (χ2n) is 5.25. The quantitative estimate of drug-likeness (QED) is 0.727. The second kappa shape index (κ2) is 5.79. The monoisotopic (exact) mass is 341 g/mol. The summed E-state index contributed by atoms with van der Waals surface area (Å²) in [5, 5.41) is 29.1. The first-order chi connectivity index (χ1) is 10.1. The molecular formula is C14H15NO5S2. The van der Waals surface area contributed by atoms with Crippen molar-refractivity contribution >= 4 is 41.4 Å². The lowest BCUT2D eigenvalue weighted by molar-refractivity contribution is -0.137. The summed E-state index contributed by atoms with van der Waals surface area (Å²) in [5.74, 6) is -2.18. The maximum atomic E-state index is 11.7. The molecule has 1 aliphatic rings. The normalized spacial score (nSPS) is 26.6. The fraction of sp³-hybridized carbons (Fsp3) is 0.357. The van der Waals surface area contributed by atoms with Crippen LogP contribution in [0.15, 0.2) is 17.7 Å². The lowest BCUT2D eigenvalue weighted by Crippen LogP contribution is -2.43. The van der Waals surface area contributed by atoms with Gasteiger partial charge < -0.3 is 15.3 Å². The van der Waals surface area contributed by atoms with Crippen LogP contribution >= 0.6 is 23.6 Å². The number of carboxylic acids is 1.